The molecule has 1 aliphatic carbocycles. The summed E-state index contributed by atoms with van der Waals surface area (Å²) < 4.78 is 37.5. The summed E-state index contributed by atoms with van der Waals surface area (Å²) in [7, 11) is 1.75. The van der Waals surface area contributed by atoms with Crippen LogP contribution in [-0.2, 0) is 6.18 Å². The summed E-state index contributed by atoms with van der Waals surface area (Å²) in [5.41, 5.74) is 5.44. The van der Waals surface area contributed by atoms with E-state index in [9.17, 15) is 13.2 Å². The maximum absolute atomic E-state index is 12.5. The van der Waals surface area contributed by atoms with E-state index in [1.807, 2.05) is 0 Å². The Morgan fingerprint density at radius 3 is 2.65 bits per heavy atom. The molecule has 94 valence electrons. The molecular weight excluding hydrogens is 231 g/mol. The highest BCUT2D eigenvalue weighted by Gasteiger charge is 2.33. The minimum absolute atomic E-state index is 0.279. The van der Waals surface area contributed by atoms with E-state index in [4.69, 9.17) is 5.73 Å². The minimum atomic E-state index is -4.43. The number of halogens is 3. The topological polar surface area (TPSA) is 42.2 Å². The average molecular weight is 245 g/mol. The molecular formula is C11H14F3N3. The Morgan fingerprint density at radius 2 is 2.12 bits per heavy atom. The normalized spacial score (nSPS) is 16.0. The van der Waals surface area contributed by atoms with E-state index in [1.165, 1.54) is 0 Å². The quantitative estimate of drug-likeness (QED) is 0.889. The van der Waals surface area contributed by atoms with Crippen LogP contribution in [0.15, 0.2) is 12.3 Å². The smallest absolute Gasteiger partial charge is 0.396 e. The molecule has 1 aromatic heterocycles. The highest BCUT2D eigenvalue weighted by atomic mass is 19.4. The van der Waals surface area contributed by atoms with Crippen molar-refractivity contribution in [3.05, 3.63) is 18.0 Å². The standard InChI is InChI=1S/C11H14F3N3/c1-17(6-7-2-3-7)9-4-10(11(12,13)14)16-5-8(9)15/h4-5,7H,2-3,6,15H2,1H3. The summed E-state index contributed by atoms with van der Waals surface area (Å²) in [5, 5.41) is 0. The number of nitrogen functional groups attached to an aromatic ring is 1. The van der Waals surface area contributed by atoms with E-state index in [-0.39, 0.29) is 5.69 Å². The summed E-state index contributed by atoms with van der Waals surface area (Å²) in [5.74, 6) is 0.585. The van der Waals surface area contributed by atoms with E-state index < -0.39 is 11.9 Å². The van der Waals surface area contributed by atoms with Crippen molar-refractivity contribution < 1.29 is 13.2 Å². The van der Waals surface area contributed by atoms with E-state index in [0.29, 0.717) is 11.6 Å². The van der Waals surface area contributed by atoms with Crippen LogP contribution in [-0.4, -0.2) is 18.6 Å². The van der Waals surface area contributed by atoms with Crippen LogP contribution in [0.2, 0.25) is 0 Å². The number of hydrogen-bond donors (Lipinski definition) is 1. The van der Waals surface area contributed by atoms with Crippen LogP contribution < -0.4 is 10.6 Å². The predicted molar refractivity (Wildman–Crippen MR) is 59.6 cm³/mol. The van der Waals surface area contributed by atoms with Crippen LogP contribution in [0.25, 0.3) is 0 Å². The van der Waals surface area contributed by atoms with Crippen molar-refractivity contribution in [3.63, 3.8) is 0 Å². The summed E-state index contributed by atoms with van der Waals surface area (Å²) in [6, 6.07) is 1.01. The molecule has 1 aromatic rings. The molecule has 0 unspecified atom stereocenters. The average Bonchev–Trinajstić information content (AvgIpc) is 3.00. The monoisotopic (exact) mass is 245 g/mol. The van der Waals surface area contributed by atoms with E-state index in [0.717, 1.165) is 31.6 Å². The van der Waals surface area contributed by atoms with Crippen LogP contribution >= 0.6 is 0 Å². The molecule has 1 fully saturated rings. The molecule has 1 heterocycles. The van der Waals surface area contributed by atoms with Gasteiger partial charge in [-0.3, -0.25) is 0 Å². The first-order chi connectivity index (χ1) is 7.88. The van der Waals surface area contributed by atoms with E-state index in [2.05, 4.69) is 4.98 Å². The molecule has 17 heavy (non-hydrogen) atoms. The second-order valence-electron chi connectivity index (χ2n) is 4.45. The lowest BCUT2D eigenvalue weighted by Gasteiger charge is -2.21. The largest absolute Gasteiger partial charge is 0.433 e. The molecule has 0 radical (unpaired) electrons. The lowest BCUT2D eigenvalue weighted by Crippen LogP contribution is -2.22. The number of pyridine rings is 1. The third kappa shape index (κ3) is 2.81. The lowest BCUT2D eigenvalue weighted by molar-refractivity contribution is -0.141. The summed E-state index contributed by atoms with van der Waals surface area (Å²) in [6.07, 6.45) is -1.08. The number of hydrogen-bond acceptors (Lipinski definition) is 3. The first-order valence-electron chi connectivity index (χ1n) is 5.42. The number of rotatable bonds is 3. The van der Waals surface area contributed by atoms with Gasteiger partial charge in [0.1, 0.15) is 5.69 Å². The second kappa shape index (κ2) is 4.09. The Bertz CT molecular complexity index is 413. The second-order valence-corrected chi connectivity index (χ2v) is 4.45. The van der Waals surface area contributed by atoms with Crippen molar-refractivity contribution >= 4 is 11.4 Å². The van der Waals surface area contributed by atoms with Crippen LogP contribution in [0.3, 0.4) is 0 Å². The third-order valence-electron chi connectivity index (χ3n) is 2.84. The fraction of sp³-hybridized carbons (Fsp3) is 0.545. The Labute approximate surface area is 97.4 Å². The minimum Gasteiger partial charge on any atom is -0.396 e. The maximum Gasteiger partial charge on any atom is 0.433 e. The third-order valence-corrected chi connectivity index (χ3v) is 2.84. The summed E-state index contributed by atoms with van der Waals surface area (Å²) in [6.45, 7) is 0.742. The van der Waals surface area contributed by atoms with Gasteiger partial charge in [-0.05, 0) is 24.8 Å². The molecule has 0 amide bonds. The first kappa shape index (κ1) is 12.0. The fourth-order valence-electron chi connectivity index (χ4n) is 1.73. The van der Waals surface area contributed by atoms with Gasteiger partial charge in [-0.1, -0.05) is 0 Å². The van der Waals surface area contributed by atoms with Crippen molar-refractivity contribution in [1.29, 1.82) is 0 Å². The van der Waals surface area contributed by atoms with Crippen LogP contribution in [0.5, 0.6) is 0 Å². The van der Waals surface area contributed by atoms with Crippen molar-refractivity contribution in [3.8, 4) is 0 Å². The van der Waals surface area contributed by atoms with Crippen LogP contribution in [0, 0.1) is 5.92 Å². The first-order valence-corrected chi connectivity index (χ1v) is 5.42. The molecule has 1 saturated carbocycles. The van der Waals surface area contributed by atoms with Gasteiger partial charge in [-0.2, -0.15) is 13.2 Å². The molecule has 2 rings (SSSR count). The van der Waals surface area contributed by atoms with Crippen molar-refractivity contribution in [2.75, 3.05) is 24.2 Å². The van der Waals surface area contributed by atoms with Crippen LogP contribution in [0.4, 0.5) is 24.5 Å². The van der Waals surface area contributed by atoms with E-state index >= 15 is 0 Å². The van der Waals surface area contributed by atoms with Gasteiger partial charge < -0.3 is 10.6 Å². The lowest BCUT2D eigenvalue weighted by atomic mass is 10.2. The number of aromatic nitrogens is 1. The number of nitrogens with two attached hydrogens (primary N) is 1. The van der Waals surface area contributed by atoms with Gasteiger partial charge in [0, 0.05) is 13.6 Å². The van der Waals surface area contributed by atoms with Gasteiger partial charge in [0.15, 0.2) is 0 Å². The molecule has 0 spiro atoms. The molecule has 0 saturated heterocycles. The molecule has 1 aliphatic rings. The zero-order valence-electron chi connectivity index (χ0n) is 9.46. The SMILES string of the molecule is CN(CC1CC1)c1cc(C(F)(F)F)ncc1N. The summed E-state index contributed by atoms with van der Waals surface area (Å²) >= 11 is 0. The summed E-state index contributed by atoms with van der Waals surface area (Å²) in [4.78, 5) is 5.08. The molecule has 0 aliphatic heterocycles. The Morgan fingerprint density at radius 1 is 1.47 bits per heavy atom. The molecule has 2 N–H and O–H groups in total. The van der Waals surface area contributed by atoms with Gasteiger partial charge in [-0.15, -0.1) is 0 Å². The van der Waals surface area contributed by atoms with Crippen LogP contribution in [0.1, 0.15) is 18.5 Å². The highest BCUT2D eigenvalue weighted by Crippen LogP contribution is 2.35. The van der Waals surface area contributed by atoms with Crippen molar-refractivity contribution in [2.45, 2.75) is 19.0 Å². The Balaban J connectivity index is 2.24. The fourth-order valence-corrected chi connectivity index (χ4v) is 1.73. The van der Waals surface area contributed by atoms with Gasteiger partial charge >= 0.3 is 6.18 Å². The molecule has 3 nitrogen and oxygen atoms in total. The van der Waals surface area contributed by atoms with Gasteiger partial charge in [-0.25, -0.2) is 4.98 Å². The maximum atomic E-state index is 12.5. The zero-order chi connectivity index (χ0) is 12.6. The molecule has 0 bridgehead atoms. The van der Waals surface area contributed by atoms with Gasteiger partial charge in [0.2, 0.25) is 0 Å². The van der Waals surface area contributed by atoms with Gasteiger partial charge in [0.05, 0.1) is 17.6 Å². The Kier molecular flexibility index (Phi) is 2.89. The molecule has 6 heteroatoms. The van der Waals surface area contributed by atoms with Crippen molar-refractivity contribution in [1.82, 2.24) is 4.98 Å². The highest BCUT2D eigenvalue weighted by molar-refractivity contribution is 5.66. The molecule has 0 aromatic carbocycles. The number of alkyl halides is 3. The van der Waals surface area contributed by atoms with E-state index in [1.54, 1.807) is 11.9 Å². The number of anilines is 2. The van der Waals surface area contributed by atoms with Gasteiger partial charge in [0.25, 0.3) is 0 Å². The Hall–Kier alpha value is -1.46. The predicted octanol–water partition coefficient (Wildman–Crippen LogP) is 2.53. The molecule has 0 atom stereocenters. The van der Waals surface area contributed by atoms with Crippen molar-refractivity contribution in [2.24, 2.45) is 5.92 Å². The number of nitrogens with zero attached hydrogens (tertiary/aromatic N) is 2. The zero-order valence-corrected chi connectivity index (χ0v) is 9.46.